The predicted molar refractivity (Wildman–Crippen MR) is 114 cm³/mol. The van der Waals surface area contributed by atoms with Gasteiger partial charge in [0.2, 0.25) is 0 Å². The van der Waals surface area contributed by atoms with Crippen molar-refractivity contribution in [2.24, 2.45) is 0 Å². The number of piperidine rings is 1. The van der Waals surface area contributed by atoms with Crippen molar-refractivity contribution in [3.8, 4) is 0 Å². The third-order valence-electron chi connectivity index (χ3n) is 5.34. The number of halogens is 1. The van der Waals surface area contributed by atoms with E-state index in [9.17, 15) is 9.18 Å². The minimum Gasteiger partial charge on any atom is -0.477 e. The van der Waals surface area contributed by atoms with Crippen molar-refractivity contribution in [1.29, 1.82) is 0 Å². The van der Waals surface area contributed by atoms with Gasteiger partial charge in [0, 0.05) is 17.4 Å². The first-order valence-corrected chi connectivity index (χ1v) is 11.6. The van der Waals surface area contributed by atoms with E-state index in [0.29, 0.717) is 16.4 Å². The van der Waals surface area contributed by atoms with Gasteiger partial charge in [0.05, 0.1) is 9.90 Å². The van der Waals surface area contributed by atoms with Gasteiger partial charge in [-0.1, -0.05) is 5.16 Å². The largest absolute Gasteiger partial charge is 0.477 e. The minimum absolute atomic E-state index is 0.297. The van der Waals surface area contributed by atoms with Crippen LogP contribution in [0.5, 0.6) is 0 Å². The Balaban J connectivity index is 1.17. The molecule has 1 aliphatic rings. The Morgan fingerprint density at radius 3 is 2.86 bits per heavy atom. The number of carboxylic acids is 1. The number of unbranched alkanes of at least 4 members (excludes halogenated alkanes) is 1. The van der Waals surface area contributed by atoms with Gasteiger partial charge in [0.15, 0.2) is 5.58 Å². The summed E-state index contributed by atoms with van der Waals surface area (Å²) in [6.45, 7) is 3.17. The highest BCUT2D eigenvalue weighted by molar-refractivity contribution is 8.01. The van der Waals surface area contributed by atoms with Crippen LogP contribution in [-0.2, 0) is 0 Å². The molecule has 0 amide bonds. The average Bonchev–Trinajstić information content (AvgIpc) is 3.35. The molecule has 1 fully saturated rings. The lowest BCUT2D eigenvalue weighted by atomic mass is 9.91. The van der Waals surface area contributed by atoms with Crippen LogP contribution in [0, 0.1) is 5.82 Å². The molecule has 0 saturated carbocycles. The lowest BCUT2D eigenvalue weighted by Crippen LogP contribution is -2.33. The molecule has 0 bridgehead atoms. The zero-order chi connectivity index (χ0) is 20.2. The van der Waals surface area contributed by atoms with E-state index in [1.165, 1.54) is 23.5 Å². The Morgan fingerprint density at radius 1 is 1.28 bits per heavy atom. The van der Waals surface area contributed by atoms with Gasteiger partial charge in [-0.05, 0) is 75.3 Å². The van der Waals surface area contributed by atoms with Crippen LogP contribution in [0.15, 0.2) is 39.1 Å². The highest BCUT2D eigenvalue weighted by atomic mass is 32.2. The van der Waals surface area contributed by atoms with Crippen molar-refractivity contribution in [2.45, 2.75) is 35.8 Å². The number of thioether (sulfide) groups is 1. The Morgan fingerprint density at radius 2 is 2.10 bits per heavy atom. The van der Waals surface area contributed by atoms with Crippen LogP contribution in [0.4, 0.5) is 4.39 Å². The van der Waals surface area contributed by atoms with Gasteiger partial charge in [0.1, 0.15) is 10.7 Å². The maximum atomic E-state index is 13.3. The molecule has 3 aromatic rings. The van der Waals surface area contributed by atoms with E-state index >= 15 is 0 Å². The second-order valence-electron chi connectivity index (χ2n) is 7.30. The molecule has 154 valence electrons. The standard InChI is InChI=1S/C21H23FN2O3S2/c22-15-3-4-16-17(13-15)27-23-20(16)14-7-10-24(11-8-14)9-1-2-12-28-19-6-5-18(29-19)21(25)26/h3-6,13-14H,1-2,7-12H2,(H,25,26). The van der Waals surface area contributed by atoms with Gasteiger partial charge in [0.25, 0.3) is 0 Å². The van der Waals surface area contributed by atoms with Crippen LogP contribution in [0.2, 0.25) is 0 Å². The third-order valence-corrected chi connectivity index (χ3v) is 7.73. The molecule has 1 N–H and O–H groups in total. The Bertz CT molecular complexity index is 979. The summed E-state index contributed by atoms with van der Waals surface area (Å²) in [7, 11) is 0. The molecule has 1 saturated heterocycles. The Labute approximate surface area is 176 Å². The van der Waals surface area contributed by atoms with Crippen LogP contribution in [0.25, 0.3) is 11.0 Å². The highest BCUT2D eigenvalue weighted by Gasteiger charge is 2.24. The third kappa shape index (κ3) is 4.99. The topological polar surface area (TPSA) is 66.6 Å². The number of fused-ring (bicyclic) bond motifs is 1. The van der Waals surface area contributed by atoms with Crippen LogP contribution >= 0.6 is 23.1 Å². The normalized spacial score (nSPS) is 15.9. The Hall–Kier alpha value is -1.90. The fraction of sp³-hybridized carbons (Fsp3) is 0.429. The van der Waals surface area contributed by atoms with Gasteiger partial charge < -0.3 is 14.5 Å². The van der Waals surface area contributed by atoms with Crippen LogP contribution in [-0.4, -0.2) is 46.5 Å². The maximum Gasteiger partial charge on any atom is 0.345 e. The van der Waals surface area contributed by atoms with Crippen molar-refractivity contribution >= 4 is 40.0 Å². The van der Waals surface area contributed by atoms with Crippen molar-refractivity contribution < 1.29 is 18.8 Å². The average molecular weight is 435 g/mol. The monoisotopic (exact) mass is 434 g/mol. The van der Waals surface area contributed by atoms with E-state index < -0.39 is 5.97 Å². The first-order valence-electron chi connectivity index (χ1n) is 9.83. The van der Waals surface area contributed by atoms with E-state index in [-0.39, 0.29) is 5.82 Å². The number of carbonyl (C=O) groups is 1. The SMILES string of the molecule is O=C(O)c1ccc(SCCCCN2CCC(c3noc4cc(F)ccc34)CC2)s1. The zero-order valence-corrected chi connectivity index (χ0v) is 17.6. The van der Waals surface area contributed by atoms with E-state index in [0.717, 1.165) is 66.4 Å². The quantitative estimate of drug-likeness (QED) is 0.374. The number of rotatable bonds is 8. The van der Waals surface area contributed by atoms with Gasteiger partial charge in [-0.15, -0.1) is 23.1 Å². The van der Waals surface area contributed by atoms with Crippen molar-refractivity contribution in [1.82, 2.24) is 10.1 Å². The number of aromatic nitrogens is 1. The second kappa shape index (κ2) is 9.28. The molecule has 29 heavy (non-hydrogen) atoms. The van der Waals surface area contributed by atoms with Gasteiger partial charge in [-0.25, -0.2) is 9.18 Å². The van der Waals surface area contributed by atoms with E-state index in [2.05, 4.69) is 10.1 Å². The second-order valence-corrected chi connectivity index (χ2v) is 9.78. The summed E-state index contributed by atoms with van der Waals surface area (Å²) in [6.07, 6.45) is 4.34. The van der Waals surface area contributed by atoms with Crippen molar-refractivity contribution in [3.05, 3.63) is 46.7 Å². The maximum absolute atomic E-state index is 13.3. The number of hydrogen-bond acceptors (Lipinski definition) is 6. The summed E-state index contributed by atoms with van der Waals surface area (Å²) < 4.78 is 19.7. The van der Waals surface area contributed by atoms with Crippen LogP contribution < -0.4 is 0 Å². The first-order chi connectivity index (χ1) is 14.1. The van der Waals surface area contributed by atoms with Crippen LogP contribution in [0.3, 0.4) is 0 Å². The molecular weight excluding hydrogens is 411 g/mol. The Kier molecular flexibility index (Phi) is 6.52. The molecule has 2 aromatic heterocycles. The summed E-state index contributed by atoms with van der Waals surface area (Å²) in [4.78, 5) is 13.8. The number of likely N-dealkylation sites (tertiary alicyclic amines) is 1. The molecule has 0 spiro atoms. The molecule has 0 unspecified atom stereocenters. The lowest BCUT2D eigenvalue weighted by molar-refractivity contribution is 0.0702. The summed E-state index contributed by atoms with van der Waals surface area (Å²) in [5.41, 5.74) is 1.49. The van der Waals surface area contributed by atoms with Gasteiger partial charge in [-0.3, -0.25) is 0 Å². The molecule has 8 heteroatoms. The molecule has 4 rings (SSSR count). The highest BCUT2D eigenvalue weighted by Crippen LogP contribution is 2.33. The number of nitrogens with zero attached hydrogens (tertiary/aromatic N) is 2. The number of benzene rings is 1. The minimum atomic E-state index is -0.851. The summed E-state index contributed by atoms with van der Waals surface area (Å²) >= 11 is 3.08. The molecule has 1 aromatic carbocycles. The van der Waals surface area contributed by atoms with Gasteiger partial charge in [-0.2, -0.15) is 0 Å². The molecule has 0 atom stereocenters. The molecule has 0 radical (unpaired) electrons. The number of carboxylic acid groups (broad SMARTS) is 1. The smallest absolute Gasteiger partial charge is 0.345 e. The summed E-state index contributed by atoms with van der Waals surface area (Å²) in [5.74, 6) is 0.235. The number of thiophene rings is 1. The van der Waals surface area contributed by atoms with E-state index in [1.54, 1.807) is 23.9 Å². The molecule has 5 nitrogen and oxygen atoms in total. The molecule has 1 aliphatic heterocycles. The van der Waals surface area contributed by atoms with Crippen LogP contribution in [0.1, 0.15) is 47.0 Å². The molecule has 0 aliphatic carbocycles. The zero-order valence-electron chi connectivity index (χ0n) is 16.0. The van der Waals surface area contributed by atoms with E-state index in [4.69, 9.17) is 9.63 Å². The first kappa shape index (κ1) is 20.4. The predicted octanol–water partition coefficient (Wildman–Crippen LogP) is 5.48. The molecular formula is C21H23FN2O3S2. The van der Waals surface area contributed by atoms with E-state index in [1.807, 2.05) is 6.07 Å². The molecule has 3 heterocycles. The number of hydrogen-bond donors (Lipinski definition) is 1. The fourth-order valence-corrected chi connectivity index (χ4v) is 5.82. The lowest BCUT2D eigenvalue weighted by Gasteiger charge is -2.31. The van der Waals surface area contributed by atoms with Crippen molar-refractivity contribution in [2.75, 3.05) is 25.4 Å². The fourth-order valence-electron chi connectivity index (χ4n) is 3.78. The summed E-state index contributed by atoms with van der Waals surface area (Å²) in [6, 6.07) is 8.21. The number of aromatic carboxylic acids is 1. The van der Waals surface area contributed by atoms with Crippen molar-refractivity contribution in [3.63, 3.8) is 0 Å². The van der Waals surface area contributed by atoms with Gasteiger partial charge >= 0.3 is 5.97 Å². The summed E-state index contributed by atoms with van der Waals surface area (Å²) in [5, 5.41) is 14.1.